The molecule has 0 atom stereocenters. The Labute approximate surface area is 151 Å². The van der Waals surface area contributed by atoms with Crippen LogP contribution in [0.2, 0.25) is 0 Å². The predicted octanol–water partition coefficient (Wildman–Crippen LogP) is 3.83. The summed E-state index contributed by atoms with van der Waals surface area (Å²) in [6, 6.07) is 0. The Morgan fingerprint density at radius 1 is 1.32 bits per heavy atom. The van der Waals surface area contributed by atoms with Crippen LogP contribution < -0.4 is 0 Å². The van der Waals surface area contributed by atoms with Crippen LogP contribution in [0.4, 0.5) is 4.79 Å². The molecule has 25 heavy (non-hydrogen) atoms. The second-order valence-corrected chi connectivity index (χ2v) is 8.58. The number of ketones is 1. The molecule has 1 saturated heterocycles. The quantitative estimate of drug-likeness (QED) is 0.605. The molecule has 1 aliphatic heterocycles. The van der Waals surface area contributed by atoms with E-state index in [4.69, 9.17) is 9.84 Å². The van der Waals surface area contributed by atoms with E-state index in [9.17, 15) is 9.59 Å². The molecule has 1 aromatic heterocycles. The molecular weight excluding hydrogens is 340 g/mol. The molecule has 0 saturated carbocycles. The molecule has 136 valence electrons. The van der Waals surface area contributed by atoms with E-state index in [0.29, 0.717) is 36.4 Å². The van der Waals surface area contributed by atoms with Gasteiger partial charge in [-0.3, -0.25) is 4.79 Å². The summed E-state index contributed by atoms with van der Waals surface area (Å²) < 4.78 is 5.42. The van der Waals surface area contributed by atoms with E-state index in [-0.39, 0.29) is 17.8 Å². The summed E-state index contributed by atoms with van der Waals surface area (Å²) in [6.45, 7) is 6.87. The van der Waals surface area contributed by atoms with Crippen molar-refractivity contribution in [1.29, 1.82) is 0 Å². The first-order chi connectivity index (χ1) is 11.8. The number of carbonyl (C=O) groups is 2. The maximum absolute atomic E-state index is 12.3. The molecule has 1 aromatic rings. The van der Waals surface area contributed by atoms with Crippen LogP contribution in [-0.2, 0) is 11.2 Å². The zero-order valence-corrected chi connectivity index (χ0v) is 15.7. The minimum atomic E-state index is -0.486. The van der Waals surface area contributed by atoms with Crippen LogP contribution in [0.1, 0.15) is 66.3 Å². The Kier molecular flexibility index (Phi) is 4.86. The smallest absolute Gasteiger partial charge is 0.410 e. The van der Waals surface area contributed by atoms with Crippen LogP contribution in [0.25, 0.3) is 0 Å². The Morgan fingerprint density at radius 3 is 2.60 bits per heavy atom. The molecule has 1 amide bonds. The van der Waals surface area contributed by atoms with E-state index in [1.54, 1.807) is 4.90 Å². The highest BCUT2D eigenvalue weighted by molar-refractivity contribution is 7.14. The van der Waals surface area contributed by atoms with Crippen molar-refractivity contribution in [3.05, 3.63) is 27.4 Å². The van der Waals surface area contributed by atoms with Crippen LogP contribution in [0.15, 0.2) is 11.8 Å². The van der Waals surface area contributed by atoms with Gasteiger partial charge < -0.3 is 14.7 Å². The van der Waals surface area contributed by atoms with E-state index < -0.39 is 5.60 Å². The lowest BCUT2D eigenvalue weighted by Crippen LogP contribution is -2.41. The molecular formula is C18H24N2O4S. The lowest BCUT2D eigenvalue weighted by molar-refractivity contribution is 0.0204. The molecule has 1 aliphatic carbocycles. The first-order valence-electron chi connectivity index (χ1n) is 8.64. The average Bonchev–Trinajstić information content (AvgIpc) is 2.99. The second-order valence-electron chi connectivity index (χ2n) is 7.55. The molecule has 2 heterocycles. The molecule has 7 heteroatoms. The van der Waals surface area contributed by atoms with E-state index in [1.807, 2.05) is 20.8 Å². The van der Waals surface area contributed by atoms with Crippen LogP contribution in [0.5, 0.6) is 0 Å². The van der Waals surface area contributed by atoms with Crippen molar-refractivity contribution in [3.63, 3.8) is 0 Å². The van der Waals surface area contributed by atoms with Gasteiger partial charge in [0.25, 0.3) is 0 Å². The van der Waals surface area contributed by atoms with Crippen molar-refractivity contribution in [1.82, 2.24) is 9.88 Å². The molecule has 6 nitrogen and oxygen atoms in total. The van der Waals surface area contributed by atoms with Gasteiger partial charge in [-0.2, -0.15) is 0 Å². The Bertz CT molecular complexity index is 709. The summed E-state index contributed by atoms with van der Waals surface area (Å²) in [5.41, 5.74) is 0.827. The maximum atomic E-state index is 12.3. The third-order valence-corrected chi connectivity index (χ3v) is 5.75. The Morgan fingerprint density at radius 2 is 2.00 bits per heavy atom. The fourth-order valence-corrected chi connectivity index (χ4v) is 4.42. The minimum absolute atomic E-state index is 0.0984. The number of ether oxygens (including phenoxy) is 1. The number of amides is 1. The molecule has 1 N–H and O–H groups in total. The summed E-state index contributed by atoms with van der Waals surface area (Å²) in [7, 11) is 0. The van der Waals surface area contributed by atoms with E-state index >= 15 is 0 Å². The number of allylic oxidation sites excluding steroid dienone is 1. The fourth-order valence-electron chi connectivity index (χ4n) is 3.16. The van der Waals surface area contributed by atoms with Gasteiger partial charge in [-0.1, -0.05) is 0 Å². The first kappa shape index (κ1) is 17.9. The van der Waals surface area contributed by atoms with Crippen LogP contribution in [-0.4, -0.2) is 45.6 Å². The lowest BCUT2D eigenvalue weighted by Gasteiger charge is -2.32. The van der Waals surface area contributed by atoms with Crippen molar-refractivity contribution in [2.24, 2.45) is 0 Å². The number of fused-ring (bicyclic) bond motifs is 1. The summed E-state index contributed by atoms with van der Waals surface area (Å²) in [5, 5.41) is 10.1. The van der Waals surface area contributed by atoms with Crippen molar-refractivity contribution >= 4 is 23.2 Å². The number of piperidine rings is 1. The molecule has 3 rings (SSSR count). The van der Waals surface area contributed by atoms with Gasteiger partial charge in [0.05, 0.1) is 21.8 Å². The Hall–Kier alpha value is -1.89. The van der Waals surface area contributed by atoms with Gasteiger partial charge in [0, 0.05) is 24.6 Å². The van der Waals surface area contributed by atoms with Crippen molar-refractivity contribution in [2.75, 3.05) is 13.1 Å². The summed E-state index contributed by atoms with van der Waals surface area (Å²) >= 11 is 1.44. The monoisotopic (exact) mass is 364 g/mol. The number of aryl methyl sites for hydroxylation is 1. The number of rotatable bonds is 1. The van der Waals surface area contributed by atoms with E-state index in [2.05, 4.69) is 4.98 Å². The minimum Gasteiger partial charge on any atom is -0.515 e. The third-order valence-electron chi connectivity index (χ3n) is 4.49. The van der Waals surface area contributed by atoms with Crippen molar-refractivity contribution < 1.29 is 19.4 Å². The van der Waals surface area contributed by atoms with Gasteiger partial charge in [-0.15, -0.1) is 11.3 Å². The summed E-state index contributed by atoms with van der Waals surface area (Å²) in [6.07, 6.45) is 3.54. The van der Waals surface area contributed by atoms with Crippen molar-refractivity contribution in [2.45, 2.75) is 58.0 Å². The van der Waals surface area contributed by atoms with Crippen LogP contribution in [0.3, 0.4) is 0 Å². The Balaban J connectivity index is 1.65. The van der Waals surface area contributed by atoms with Crippen molar-refractivity contribution in [3.8, 4) is 0 Å². The highest BCUT2D eigenvalue weighted by Gasteiger charge is 2.32. The number of likely N-dealkylation sites (tertiary alicyclic amines) is 1. The van der Waals surface area contributed by atoms with Gasteiger partial charge in [-0.05, 0) is 46.5 Å². The standard InChI is InChI=1S/C18H24N2O4S/c1-18(2,3)24-17(23)20-8-6-11(7-9-20)16-19-13-5-4-12(10-21)14(22)15(13)25-16/h10-11,21H,4-9H2,1-3H3/b12-10+. The summed E-state index contributed by atoms with van der Waals surface area (Å²) in [5.74, 6) is 0.169. The SMILES string of the molecule is CC(C)(C)OC(=O)N1CCC(c2nc3c(s2)C(=O)/C(=C/O)CC3)CC1. The molecule has 0 unspecified atom stereocenters. The number of thiazole rings is 1. The highest BCUT2D eigenvalue weighted by atomic mass is 32.1. The molecule has 0 radical (unpaired) electrons. The van der Waals surface area contributed by atoms with Crippen LogP contribution >= 0.6 is 11.3 Å². The molecule has 2 aliphatic rings. The van der Waals surface area contributed by atoms with Gasteiger partial charge in [0.15, 0.2) is 0 Å². The zero-order chi connectivity index (χ0) is 18.2. The topological polar surface area (TPSA) is 79.7 Å². The number of aromatic nitrogens is 1. The fraction of sp³-hybridized carbons (Fsp3) is 0.611. The molecule has 1 fully saturated rings. The predicted molar refractivity (Wildman–Crippen MR) is 95.3 cm³/mol. The maximum Gasteiger partial charge on any atom is 0.410 e. The zero-order valence-electron chi connectivity index (χ0n) is 14.9. The number of aliphatic hydroxyl groups excluding tert-OH is 1. The number of Topliss-reactive ketones (excluding diaryl/α,β-unsaturated/α-hetero) is 1. The van der Waals surface area contributed by atoms with Gasteiger partial charge in [0.2, 0.25) is 5.78 Å². The molecule has 0 bridgehead atoms. The normalized spacial score (nSPS) is 20.7. The number of carbonyl (C=O) groups excluding carboxylic acids is 2. The van der Waals surface area contributed by atoms with Gasteiger partial charge >= 0.3 is 6.09 Å². The van der Waals surface area contributed by atoms with Crippen LogP contribution in [0, 0.1) is 0 Å². The summed E-state index contributed by atoms with van der Waals surface area (Å²) in [4.78, 5) is 31.5. The van der Waals surface area contributed by atoms with E-state index in [1.165, 1.54) is 11.3 Å². The lowest BCUT2D eigenvalue weighted by atomic mass is 9.96. The van der Waals surface area contributed by atoms with Gasteiger partial charge in [0.1, 0.15) is 5.60 Å². The van der Waals surface area contributed by atoms with Gasteiger partial charge in [-0.25, -0.2) is 9.78 Å². The number of hydrogen-bond donors (Lipinski definition) is 1. The average molecular weight is 364 g/mol. The molecule has 0 spiro atoms. The second kappa shape index (κ2) is 6.78. The number of hydrogen-bond acceptors (Lipinski definition) is 6. The third kappa shape index (κ3) is 3.86. The van der Waals surface area contributed by atoms with E-state index in [0.717, 1.165) is 29.8 Å². The largest absolute Gasteiger partial charge is 0.515 e. The number of nitrogens with zero attached hydrogens (tertiary/aromatic N) is 2. The molecule has 0 aromatic carbocycles. The highest BCUT2D eigenvalue weighted by Crippen LogP contribution is 2.36. The number of aliphatic hydroxyl groups is 1. The first-order valence-corrected chi connectivity index (χ1v) is 9.45.